The van der Waals surface area contributed by atoms with Crippen LogP contribution >= 0.6 is 21.6 Å². The quantitative estimate of drug-likeness (QED) is 0.231. The van der Waals surface area contributed by atoms with Crippen LogP contribution < -0.4 is 0 Å². The zero-order valence-corrected chi connectivity index (χ0v) is 18.7. The van der Waals surface area contributed by atoms with E-state index in [4.69, 9.17) is 17.7 Å². The molecule has 0 aromatic carbocycles. The van der Waals surface area contributed by atoms with Gasteiger partial charge in [-0.25, -0.2) is 0 Å². The Balaban J connectivity index is 3.91. The number of hydrogen-bond donors (Lipinski definition) is 0. The zero-order valence-electron chi connectivity index (χ0n) is 15.1. The third-order valence-electron chi connectivity index (χ3n) is 3.16. The minimum absolute atomic E-state index is 0.743. The molecule has 0 rings (SSSR count). The Kier molecular flexibility index (Phi) is 13.9. The van der Waals surface area contributed by atoms with E-state index in [-0.39, 0.29) is 0 Å². The monoisotopic (exact) mass is 386 g/mol. The molecule has 4 nitrogen and oxygen atoms in total. The van der Waals surface area contributed by atoms with Crippen molar-refractivity contribution in [2.75, 3.05) is 37.9 Å². The topological polar surface area (TPSA) is 36.9 Å². The molecule has 0 aromatic heterocycles. The van der Waals surface area contributed by atoms with Gasteiger partial charge in [0.1, 0.15) is 0 Å². The van der Waals surface area contributed by atoms with Crippen molar-refractivity contribution in [3.63, 3.8) is 0 Å². The lowest BCUT2D eigenvalue weighted by atomic mass is 10.9. The highest BCUT2D eigenvalue weighted by atomic mass is 33.1. The van der Waals surface area contributed by atoms with Gasteiger partial charge in [0, 0.05) is 50.0 Å². The van der Waals surface area contributed by atoms with Gasteiger partial charge >= 0.3 is 17.1 Å². The maximum Gasteiger partial charge on any atom is 0.335 e. The molecule has 134 valence electrons. The maximum absolute atomic E-state index is 5.86. The molecule has 0 radical (unpaired) electrons. The number of rotatable bonds is 15. The van der Waals surface area contributed by atoms with Crippen LogP contribution in [0.3, 0.4) is 0 Å². The molecular weight excluding hydrogens is 352 g/mol. The van der Waals surface area contributed by atoms with Gasteiger partial charge < -0.3 is 17.7 Å². The summed E-state index contributed by atoms with van der Waals surface area (Å²) in [7, 11) is -0.0705. The fourth-order valence-electron chi connectivity index (χ4n) is 2.17. The second-order valence-electron chi connectivity index (χ2n) is 5.14. The molecule has 8 heteroatoms. The lowest BCUT2D eigenvalue weighted by Crippen LogP contribution is -2.39. The molecule has 0 fully saturated rings. The lowest BCUT2D eigenvalue weighted by molar-refractivity contribution is 0.190. The van der Waals surface area contributed by atoms with Crippen LogP contribution in [-0.2, 0) is 17.7 Å². The van der Waals surface area contributed by atoms with Crippen molar-refractivity contribution in [3.8, 4) is 0 Å². The molecule has 0 saturated heterocycles. The second kappa shape index (κ2) is 13.3. The van der Waals surface area contributed by atoms with Gasteiger partial charge in [-0.15, -0.1) is 0 Å². The van der Waals surface area contributed by atoms with E-state index < -0.39 is 17.1 Å². The van der Waals surface area contributed by atoms with Crippen LogP contribution in [0.1, 0.15) is 27.7 Å². The fourth-order valence-corrected chi connectivity index (χ4v) is 11.4. The van der Waals surface area contributed by atoms with Crippen molar-refractivity contribution in [2.24, 2.45) is 0 Å². The summed E-state index contributed by atoms with van der Waals surface area (Å²) in [4.78, 5) is 0. The van der Waals surface area contributed by atoms with Crippen LogP contribution in [-0.4, -0.2) is 55.1 Å². The molecule has 0 aliphatic heterocycles. The van der Waals surface area contributed by atoms with Gasteiger partial charge in [-0.05, 0) is 40.8 Å². The molecule has 22 heavy (non-hydrogen) atoms. The van der Waals surface area contributed by atoms with Crippen molar-refractivity contribution in [1.29, 1.82) is 0 Å². The molecule has 0 amide bonds. The van der Waals surface area contributed by atoms with Crippen LogP contribution in [0.4, 0.5) is 0 Å². The van der Waals surface area contributed by atoms with Gasteiger partial charge in [0.15, 0.2) is 0 Å². The van der Waals surface area contributed by atoms with Gasteiger partial charge in [0.2, 0.25) is 0 Å². The van der Waals surface area contributed by atoms with E-state index in [9.17, 15) is 0 Å². The van der Waals surface area contributed by atoms with Crippen LogP contribution in [0.15, 0.2) is 0 Å². The predicted octanol–water partition coefficient (Wildman–Crippen LogP) is 4.66. The Morgan fingerprint density at radius 1 is 0.591 bits per heavy atom. The van der Waals surface area contributed by atoms with Crippen molar-refractivity contribution in [2.45, 2.75) is 52.9 Å². The average Bonchev–Trinajstić information content (AvgIpc) is 2.44. The van der Waals surface area contributed by atoms with Crippen LogP contribution in [0.2, 0.25) is 25.2 Å². The molecule has 0 unspecified atom stereocenters. The third-order valence-corrected chi connectivity index (χ3v) is 12.2. The number of hydrogen-bond acceptors (Lipinski definition) is 6. The molecule has 0 aliphatic carbocycles. The largest absolute Gasteiger partial charge is 0.395 e. The van der Waals surface area contributed by atoms with E-state index in [0.717, 1.165) is 50.0 Å². The van der Waals surface area contributed by atoms with E-state index in [1.807, 2.05) is 49.3 Å². The van der Waals surface area contributed by atoms with Crippen LogP contribution in [0.5, 0.6) is 0 Å². The van der Waals surface area contributed by atoms with Gasteiger partial charge in [0.25, 0.3) is 0 Å². The van der Waals surface area contributed by atoms with E-state index in [0.29, 0.717) is 0 Å². The summed E-state index contributed by atoms with van der Waals surface area (Å²) >= 11 is 0. The zero-order chi connectivity index (χ0) is 16.9. The molecule has 0 aromatic rings. The highest BCUT2D eigenvalue weighted by molar-refractivity contribution is 8.76. The third kappa shape index (κ3) is 10.7. The second-order valence-corrected chi connectivity index (χ2v) is 14.5. The molecule has 0 saturated carbocycles. The smallest absolute Gasteiger partial charge is 0.335 e. The first-order valence-electron chi connectivity index (χ1n) is 8.25. The van der Waals surface area contributed by atoms with Gasteiger partial charge in [-0.3, -0.25) is 0 Å². The minimum Gasteiger partial charge on any atom is -0.395 e. The highest BCUT2D eigenvalue weighted by Gasteiger charge is 2.31. The summed E-state index contributed by atoms with van der Waals surface area (Å²) in [5.41, 5.74) is 0. The minimum atomic E-state index is -1.95. The summed E-state index contributed by atoms with van der Waals surface area (Å²) in [6.07, 6.45) is 0. The molecule has 0 N–H and O–H groups in total. The van der Waals surface area contributed by atoms with Crippen molar-refractivity contribution in [1.82, 2.24) is 0 Å². The first-order chi connectivity index (χ1) is 10.4. The van der Waals surface area contributed by atoms with E-state index in [1.165, 1.54) is 0 Å². The highest BCUT2D eigenvalue weighted by Crippen LogP contribution is 2.28. The molecule has 0 bridgehead atoms. The Morgan fingerprint density at radius 2 is 0.864 bits per heavy atom. The van der Waals surface area contributed by atoms with E-state index in [2.05, 4.69) is 13.1 Å². The molecule has 0 atom stereocenters. The summed E-state index contributed by atoms with van der Waals surface area (Å²) in [6.45, 7) is 15.5. The Bertz CT molecular complexity index is 235. The van der Waals surface area contributed by atoms with Crippen LogP contribution in [0.25, 0.3) is 0 Å². The molecule has 0 aliphatic rings. The van der Waals surface area contributed by atoms with Crippen molar-refractivity contribution in [3.05, 3.63) is 0 Å². The first kappa shape index (κ1) is 23.0. The lowest BCUT2D eigenvalue weighted by Gasteiger charge is -2.26. The first-order valence-corrected chi connectivity index (χ1v) is 15.8. The summed E-state index contributed by atoms with van der Waals surface area (Å²) < 4.78 is 23.4. The average molecular weight is 387 g/mol. The van der Waals surface area contributed by atoms with Crippen LogP contribution in [0, 0.1) is 0 Å². The predicted molar refractivity (Wildman–Crippen MR) is 104 cm³/mol. The molecule has 0 heterocycles. The Morgan fingerprint density at radius 3 is 1.09 bits per heavy atom. The maximum atomic E-state index is 5.86. The standard InChI is InChI=1S/C14H34O4S2Si2/c1-7-15-21(5,16-8-2)13-11-19-20-12-14-22(6,17-9-3)18-10-4/h7-14H2,1-6H3. The van der Waals surface area contributed by atoms with E-state index in [1.54, 1.807) is 0 Å². The van der Waals surface area contributed by atoms with E-state index >= 15 is 0 Å². The SMILES string of the molecule is CCO[Si](C)(CCSSCC[Si](C)(OCC)OCC)OCC. The summed E-state index contributed by atoms with van der Waals surface area (Å²) in [5, 5.41) is 0. The molecule has 0 spiro atoms. The summed E-state index contributed by atoms with van der Waals surface area (Å²) in [6, 6.07) is 2.08. The van der Waals surface area contributed by atoms with Gasteiger partial charge in [0.05, 0.1) is 0 Å². The summed E-state index contributed by atoms with van der Waals surface area (Å²) in [5.74, 6) is 2.16. The van der Waals surface area contributed by atoms with Gasteiger partial charge in [-0.2, -0.15) is 0 Å². The Hall–Kier alpha value is 0.974. The van der Waals surface area contributed by atoms with Crippen molar-refractivity contribution >= 4 is 38.7 Å². The molecular formula is C14H34O4S2Si2. The van der Waals surface area contributed by atoms with Gasteiger partial charge in [-0.1, -0.05) is 21.6 Å². The van der Waals surface area contributed by atoms with Crippen molar-refractivity contribution < 1.29 is 17.7 Å². The fraction of sp³-hybridized carbons (Fsp3) is 1.00. The Labute approximate surface area is 147 Å². The normalized spacial score (nSPS) is 12.8.